The third kappa shape index (κ3) is 4.47. The van der Waals surface area contributed by atoms with Crippen molar-refractivity contribution in [2.75, 3.05) is 6.54 Å². The number of hydrogen-bond acceptors (Lipinski definition) is 2. The van der Waals surface area contributed by atoms with Gasteiger partial charge in [0.15, 0.2) is 0 Å². The van der Waals surface area contributed by atoms with Crippen LogP contribution in [0.1, 0.15) is 45.6 Å². The van der Waals surface area contributed by atoms with Crippen molar-refractivity contribution in [3.05, 3.63) is 35.9 Å². The quantitative estimate of drug-likeness (QED) is 0.894. The minimum Gasteiger partial charge on any atom is -0.465 e. The number of rotatable bonds is 3. The maximum atomic E-state index is 11.6. The highest BCUT2D eigenvalue weighted by atomic mass is 16.4. The van der Waals surface area contributed by atoms with Crippen LogP contribution < -0.4 is 5.32 Å². The standard InChI is InChI=1S/C18H28N2O2/c1-18(2,3)16-12-15(10-7-11-20(16)17(21)22)19-13-14-8-5-4-6-9-14/h4-6,8-9,15-16,19H,7,10-13H2,1-3H3,(H,21,22). The van der Waals surface area contributed by atoms with Crippen LogP contribution in [-0.2, 0) is 6.54 Å². The molecule has 1 amide bonds. The second-order valence-corrected chi connectivity index (χ2v) is 7.30. The van der Waals surface area contributed by atoms with Crippen molar-refractivity contribution >= 4 is 6.09 Å². The lowest BCUT2D eigenvalue weighted by Gasteiger charge is -2.38. The van der Waals surface area contributed by atoms with Crippen molar-refractivity contribution < 1.29 is 9.90 Å². The molecule has 0 bridgehead atoms. The number of carboxylic acid groups (broad SMARTS) is 1. The zero-order valence-electron chi connectivity index (χ0n) is 13.9. The number of likely N-dealkylation sites (tertiary alicyclic amines) is 1. The predicted octanol–water partition coefficient (Wildman–Crippen LogP) is 3.72. The molecule has 1 aromatic carbocycles. The van der Waals surface area contributed by atoms with Crippen molar-refractivity contribution in [2.45, 2.75) is 58.7 Å². The fraction of sp³-hybridized carbons (Fsp3) is 0.611. The monoisotopic (exact) mass is 304 g/mol. The fourth-order valence-electron chi connectivity index (χ4n) is 3.27. The Morgan fingerprint density at radius 1 is 1.32 bits per heavy atom. The molecule has 2 rings (SSSR count). The van der Waals surface area contributed by atoms with Gasteiger partial charge in [0.25, 0.3) is 0 Å². The van der Waals surface area contributed by atoms with Gasteiger partial charge in [0, 0.05) is 25.2 Å². The van der Waals surface area contributed by atoms with Crippen LogP contribution >= 0.6 is 0 Å². The summed E-state index contributed by atoms with van der Waals surface area (Å²) in [4.78, 5) is 13.2. The number of hydrogen-bond donors (Lipinski definition) is 2. The highest BCUT2D eigenvalue weighted by Crippen LogP contribution is 2.31. The van der Waals surface area contributed by atoms with E-state index in [2.05, 4.69) is 38.2 Å². The first kappa shape index (κ1) is 16.8. The molecule has 0 spiro atoms. The Labute approximate surface area is 133 Å². The normalized spacial score (nSPS) is 23.1. The number of amides is 1. The van der Waals surface area contributed by atoms with Crippen LogP contribution in [0.2, 0.25) is 0 Å². The summed E-state index contributed by atoms with van der Waals surface area (Å²) in [6.45, 7) is 7.88. The minimum absolute atomic E-state index is 0.0462. The molecule has 0 radical (unpaired) electrons. The van der Waals surface area contributed by atoms with Crippen molar-refractivity contribution in [3.8, 4) is 0 Å². The number of nitrogens with zero attached hydrogens (tertiary/aromatic N) is 1. The van der Waals surface area contributed by atoms with Gasteiger partial charge in [0.1, 0.15) is 0 Å². The molecule has 22 heavy (non-hydrogen) atoms. The van der Waals surface area contributed by atoms with Crippen LogP contribution in [0.5, 0.6) is 0 Å². The Kier molecular flexibility index (Phi) is 5.46. The molecule has 1 saturated heterocycles. The van der Waals surface area contributed by atoms with E-state index in [1.165, 1.54) is 5.56 Å². The van der Waals surface area contributed by atoms with Crippen molar-refractivity contribution in [1.29, 1.82) is 0 Å². The molecule has 4 nitrogen and oxygen atoms in total. The van der Waals surface area contributed by atoms with Gasteiger partial charge in [-0.15, -0.1) is 0 Å². The first-order chi connectivity index (χ1) is 10.4. The Hall–Kier alpha value is -1.55. The van der Waals surface area contributed by atoms with Crippen LogP contribution in [0.25, 0.3) is 0 Å². The van der Waals surface area contributed by atoms with Gasteiger partial charge in [-0.2, -0.15) is 0 Å². The number of carbonyl (C=O) groups is 1. The predicted molar refractivity (Wildman–Crippen MR) is 88.9 cm³/mol. The Morgan fingerprint density at radius 2 is 2.00 bits per heavy atom. The molecule has 1 aromatic rings. The molecule has 1 aliphatic heterocycles. The third-order valence-corrected chi connectivity index (χ3v) is 4.52. The van der Waals surface area contributed by atoms with Crippen LogP contribution in [-0.4, -0.2) is 34.7 Å². The molecule has 0 aromatic heterocycles. The summed E-state index contributed by atoms with van der Waals surface area (Å²) in [5.74, 6) is 0. The minimum atomic E-state index is -0.788. The summed E-state index contributed by atoms with van der Waals surface area (Å²) in [5, 5.41) is 13.1. The van der Waals surface area contributed by atoms with Crippen molar-refractivity contribution in [1.82, 2.24) is 10.2 Å². The second-order valence-electron chi connectivity index (χ2n) is 7.30. The van der Waals surface area contributed by atoms with Crippen LogP contribution in [0.4, 0.5) is 4.79 Å². The molecule has 0 saturated carbocycles. The average molecular weight is 304 g/mol. The molecular weight excluding hydrogens is 276 g/mol. The zero-order chi connectivity index (χ0) is 16.2. The first-order valence-corrected chi connectivity index (χ1v) is 8.15. The van der Waals surface area contributed by atoms with Crippen LogP contribution in [0.3, 0.4) is 0 Å². The van der Waals surface area contributed by atoms with E-state index >= 15 is 0 Å². The lowest BCUT2D eigenvalue weighted by Crippen LogP contribution is -2.48. The Balaban J connectivity index is 2.03. The Morgan fingerprint density at radius 3 is 2.59 bits per heavy atom. The summed E-state index contributed by atoms with van der Waals surface area (Å²) >= 11 is 0. The molecule has 1 aliphatic rings. The van der Waals surface area contributed by atoms with Gasteiger partial charge < -0.3 is 15.3 Å². The topological polar surface area (TPSA) is 52.6 Å². The Bertz CT molecular complexity index is 482. The number of nitrogens with one attached hydrogen (secondary N) is 1. The summed E-state index contributed by atoms with van der Waals surface area (Å²) < 4.78 is 0. The zero-order valence-corrected chi connectivity index (χ0v) is 13.9. The molecule has 2 atom stereocenters. The lowest BCUT2D eigenvalue weighted by atomic mass is 9.82. The van der Waals surface area contributed by atoms with E-state index in [9.17, 15) is 9.90 Å². The molecule has 2 unspecified atom stereocenters. The van der Waals surface area contributed by atoms with Crippen LogP contribution in [0, 0.1) is 5.41 Å². The number of benzene rings is 1. The van der Waals surface area contributed by atoms with Gasteiger partial charge in [0.2, 0.25) is 0 Å². The van der Waals surface area contributed by atoms with Gasteiger partial charge in [-0.05, 0) is 30.2 Å². The van der Waals surface area contributed by atoms with E-state index in [1.54, 1.807) is 4.90 Å². The molecule has 1 fully saturated rings. The SMILES string of the molecule is CC(C)(C)C1CC(NCc2ccccc2)CCCN1C(=O)O. The molecular formula is C18H28N2O2. The third-order valence-electron chi connectivity index (χ3n) is 4.52. The highest BCUT2D eigenvalue weighted by molar-refractivity contribution is 5.65. The molecule has 1 heterocycles. The van der Waals surface area contributed by atoms with Gasteiger partial charge in [-0.1, -0.05) is 51.1 Å². The van der Waals surface area contributed by atoms with E-state index in [-0.39, 0.29) is 11.5 Å². The maximum absolute atomic E-state index is 11.6. The molecule has 0 aliphatic carbocycles. The van der Waals surface area contributed by atoms with Crippen molar-refractivity contribution in [2.24, 2.45) is 5.41 Å². The van der Waals surface area contributed by atoms with Gasteiger partial charge in [-0.25, -0.2) is 4.79 Å². The summed E-state index contributed by atoms with van der Waals surface area (Å²) in [5.41, 5.74) is 1.23. The largest absolute Gasteiger partial charge is 0.465 e. The van der Waals surface area contributed by atoms with E-state index < -0.39 is 6.09 Å². The average Bonchev–Trinajstić information content (AvgIpc) is 2.68. The van der Waals surface area contributed by atoms with E-state index in [0.29, 0.717) is 12.6 Å². The smallest absolute Gasteiger partial charge is 0.407 e. The maximum Gasteiger partial charge on any atom is 0.407 e. The lowest BCUT2D eigenvalue weighted by molar-refractivity contribution is 0.0808. The van der Waals surface area contributed by atoms with Crippen LogP contribution in [0.15, 0.2) is 30.3 Å². The van der Waals surface area contributed by atoms with E-state index in [0.717, 1.165) is 25.8 Å². The van der Waals surface area contributed by atoms with Gasteiger partial charge >= 0.3 is 6.09 Å². The summed E-state index contributed by atoms with van der Waals surface area (Å²) in [7, 11) is 0. The van der Waals surface area contributed by atoms with Gasteiger partial charge in [0.05, 0.1) is 0 Å². The first-order valence-electron chi connectivity index (χ1n) is 8.15. The van der Waals surface area contributed by atoms with E-state index in [1.807, 2.05) is 18.2 Å². The highest BCUT2D eigenvalue weighted by Gasteiger charge is 2.36. The second kappa shape index (κ2) is 7.14. The molecule has 4 heteroatoms. The van der Waals surface area contributed by atoms with E-state index in [4.69, 9.17) is 0 Å². The molecule has 2 N–H and O–H groups in total. The molecule has 122 valence electrons. The van der Waals surface area contributed by atoms with Gasteiger partial charge in [-0.3, -0.25) is 0 Å². The van der Waals surface area contributed by atoms with Crippen molar-refractivity contribution in [3.63, 3.8) is 0 Å². The fourth-order valence-corrected chi connectivity index (χ4v) is 3.27. The summed E-state index contributed by atoms with van der Waals surface area (Å²) in [6, 6.07) is 10.8. The summed E-state index contributed by atoms with van der Waals surface area (Å²) in [6.07, 6.45) is 2.04.